The van der Waals surface area contributed by atoms with Crippen molar-refractivity contribution in [1.82, 2.24) is 9.80 Å². The highest BCUT2D eigenvalue weighted by molar-refractivity contribution is 7.99. The topological polar surface area (TPSA) is 122 Å². The minimum atomic E-state index is -5.94. The molecule has 0 bridgehead atoms. The zero-order valence-corrected chi connectivity index (χ0v) is 35.8. The van der Waals surface area contributed by atoms with Gasteiger partial charge in [0.25, 0.3) is 18.2 Å². The van der Waals surface area contributed by atoms with Gasteiger partial charge in [0.2, 0.25) is 10.0 Å². The van der Waals surface area contributed by atoms with E-state index in [0.29, 0.717) is 45.2 Å². The first-order valence-corrected chi connectivity index (χ1v) is 24.4. The summed E-state index contributed by atoms with van der Waals surface area (Å²) in [6.45, 7) is 10.3. The maximum absolute atomic E-state index is 15.1. The zero-order chi connectivity index (χ0) is 41.6. The number of nitrogens with one attached hydrogen (secondary N) is 1. The fraction of sp³-hybridized carbons (Fsp3) is 0.400. The molecule has 3 atom stereocenters. The van der Waals surface area contributed by atoms with Crippen LogP contribution < -0.4 is 20.8 Å². The fourth-order valence-electron chi connectivity index (χ4n) is 7.28. The monoisotopic (exact) mass is 866 g/mol. The molecule has 9 nitrogen and oxygen atoms in total. The summed E-state index contributed by atoms with van der Waals surface area (Å²) in [5, 5.41) is 9.65. The van der Waals surface area contributed by atoms with Crippen molar-refractivity contribution in [2.45, 2.75) is 76.9 Å². The molecule has 57 heavy (non-hydrogen) atoms. The number of nitrogens with two attached hydrogens (primary N) is 1. The van der Waals surface area contributed by atoms with E-state index in [1.54, 1.807) is 18.7 Å². The summed E-state index contributed by atoms with van der Waals surface area (Å²) in [5.74, 6) is 0. The summed E-state index contributed by atoms with van der Waals surface area (Å²) in [5.41, 5.74) is -6.07. The SMILES string of the molecule is CC(C[C@@H](Sc1ccccc1)N1CCN(C[C@@H](CF)O[Si](c2ccccc2)(c2ccccc2)C(C)(C)C)CC1)Nc1ccc(S(N)(=O)=O)cc1S(=O)(=O)C(F)(F)F. The Kier molecular flexibility index (Phi) is 14.4. The molecule has 3 N–H and O–H groups in total. The highest BCUT2D eigenvalue weighted by Crippen LogP contribution is 2.39. The van der Waals surface area contributed by atoms with Crippen LogP contribution in [0.4, 0.5) is 23.2 Å². The van der Waals surface area contributed by atoms with Crippen LogP contribution in [0.25, 0.3) is 0 Å². The number of hydrogen-bond donors (Lipinski definition) is 2. The largest absolute Gasteiger partial charge is 0.501 e. The number of primary sulfonamides is 1. The van der Waals surface area contributed by atoms with Crippen LogP contribution >= 0.6 is 11.8 Å². The van der Waals surface area contributed by atoms with Crippen molar-refractivity contribution < 1.29 is 38.8 Å². The van der Waals surface area contributed by atoms with Crippen molar-refractivity contribution in [3.8, 4) is 0 Å². The molecule has 1 unspecified atom stereocenters. The van der Waals surface area contributed by atoms with Crippen LogP contribution in [-0.2, 0) is 24.3 Å². The van der Waals surface area contributed by atoms with Gasteiger partial charge in [-0.3, -0.25) is 9.80 Å². The molecule has 1 fully saturated rings. The highest BCUT2D eigenvalue weighted by Gasteiger charge is 2.52. The first-order valence-electron chi connectivity index (χ1n) is 18.5. The van der Waals surface area contributed by atoms with E-state index in [1.165, 1.54) is 0 Å². The van der Waals surface area contributed by atoms with Crippen molar-refractivity contribution in [3.05, 3.63) is 109 Å². The Morgan fingerprint density at radius 2 is 1.35 bits per heavy atom. The quantitative estimate of drug-likeness (QED) is 0.0742. The Bertz CT molecular complexity index is 2100. The predicted octanol–water partition coefficient (Wildman–Crippen LogP) is 6.47. The summed E-state index contributed by atoms with van der Waals surface area (Å²) in [4.78, 5) is 3.44. The normalized spacial score (nSPS) is 16.9. The van der Waals surface area contributed by atoms with Gasteiger partial charge >= 0.3 is 5.51 Å². The number of thioether (sulfide) groups is 1. The number of rotatable bonds is 16. The third-order valence-electron chi connectivity index (χ3n) is 10.1. The second kappa shape index (κ2) is 18.3. The summed E-state index contributed by atoms with van der Waals surface area (Å²) < 4.78 is 113. The van der Waals surface area contributed by atoms with Crippen LogP contribution in [0.1, 0.15) is 34.1 Å². The van der Waals surface area contributed by atoms with Gasteiger partial charge in [-0.1, -0.05) is 99.6 Å². The van der Waals surface area contributed by atoms with Gasteiger partial charge in [0, 0.05) is 43.7 Å². The number of sulfone groups is 1. The number of piperazine rings is 1. The number of hydrogen-bond acceptors (Lipinski definition) is 9. The molecule has 0 spiro atoms. The third kappa shape index (κ3) is 10.7. The van der Waals surface area contributed by atoms with E-state index in [-0.39, 0.29) is 10.4 Å². The van der Waals surface area contributed by atoms with E-state index in [0.717, 1.165) is 27.4 Å². The molecule has 1 aliphatic rings. The van der Waals surface area contributed by atoms with Gasteiger partial charge < -0.3 is 9.74 Å². The third-order valence-corrected chi connectivity index (χ3v) is 18.9. The van der Waals surface area contributed by atoms with Crippen LogP contribution in [0, 0.1) is 0 Å². The second-order valence-corrected chi connectivity index (χ2v) is 24.2. The lowest BCUT2D eigenvalue weighted by Gasteiger charge is -2.46. The van der Waals surface area contributed by atoms with Gasteiger partial charge in [0.1, 0.15) is 11.6 Å². The lowest BCUT2D eigenvalue weighted by atomic mass is 10.2. The molecular formula is C40H50F4N4O5S3Si. The van der Waals surface area contributed by atoms with E-state index in [9.17, 15) is 30.0 Å². The summed E-state index contributed by atoms with van der Waals surface area (Å²) in [6.07, 6.45) is -0.323. The maximum atomic E-state index is 15.1. The number of sulfonamides is 1. The molecule has 4 aromatic rings. The van der Waals surface area contributed by atoms with Gasteiger partial charge in [0.15, 0.2) is 0 Å². The number of alkyl halides is 4. The lowest BCUT2D eigenvalue weighted by molar-refractivity contribution is -0.0435. The maximum Gasteiger partial charge on any atom is 0.501 e. The van der Waals surface area contributed by atoms with E-state index in [4.69, 9.17) is 9.56 Å². The average Bonchev–Trinajstić information content (AvgIpc) is 3.16. The van der Waals surface area contributed by atoms with Crippen molar-refractivity contribution in [1.29, 1.82) is 0 Å². The Morgan fingerprint density at radius 3 is 1.82 bits per heavy atom. The standard InChI is InChI=1S/C40H50F4N4O5S3Si/c1-30(46-36-21-20-33(56(45,51)52)27-37(36)55(49,50)40(42,43)44)26-38(54-32-14-8-5-9-15-32)48-24-22-47(23-25-48)29-31(28-41)53-57(39(2,3)4,34-16-10-6-11-17-34)35-18-12-7-13-19-35/h5-21,27,30-31,38,46H,22-26,28-29H2,1-4H3,(H2,45,51,52)/t30?,31-,38-/m1/s1. The average molecular weight is 867 g/mol. The molecule has 1 heterocycles. The molecule has 310 valence electrons. The Hall–Kier alpha value is -3.29. The highest BCUT2D eigenvalue weighted by atomic mass is 32.2. The Balaban J connectivity index is 1.34. The number of anilines is 1. The molecule has 17 heteroatoms. The van der Waals surface area contributed by atoms with Gasteiger partial charge in [-0.2, -0.15) is 13.2 Å². The van der Waals surface area contributed by atoms with Gasteiger partial charge in [-0.25, -0.2) is 26.4 Å². The van der Waals surface area contributed by atoms with Crippen LogP contribution in [-0.4, -0.2) is 97.4 Å². The molecule has 0 saturated carbocycles. The second-order valence-electron chi connectivity index (χ2n) is 15.2. The number of halogens is 4. The fourth-order valence-corrected chi connectivity index (χ4v) is 14.9. The molecule has 5 rings (SSSR count). The van der Waals surface area contributed by atoms with Crippen LogP contribution in [0.15, 0.2) is 124 Å². The molecule has 0 radical (unpaired) electrons. The molecule has 1 saturated heterocycles. The van der Waals surface area contributed by atoms with Gasteiger partial charge in [-0.15, -0.1) is 11.8 Å². The summed E-state index contributed by atoms with van der Waals surface area (Å²) in [6, 6.07) is 31.7. The van der Waals surface area contributed by atoms with Crippen LogP contribution in [0.3, 0.4) is 0 Å². The minimum absolute atomic E-state index is 0.200. The Morgan fingerprint density at radius 1 is 0.825 bits per heavy atom. The minimum Gasteiger partial charge on any atom is -0.400 e. The Labute approximate surface area is 339 Å². The van der Waals surface area contributed by atoms with Crippen molar-refractivity contribution >= 4 is 56.0 Å². The van der Waals surface area contributed by atoms with Crippen LogP contribution in [0.2, 0.25) is 5.04 Å². The first-order chi connectivity index (χ1) is 26.8. The van der Waals surface area contributed by atoms with Gasteiger partial charge in [-0.05, 0) is 59.1 Å². The summed E-state index contributed by atoms with van der Waals surface area (Å²) >= 11 is 1.57. The van der Waals surface area contributed by atoms with E-state index < -0.39 is 68.0 Å². The molecule has 1 aliphatic heterocycles. The molecule has 0 amide bonds. The lowest BCUT2D eigenvalue weighted by Crippen LogP contribution is -2.68. The van der Waals surface area contributed by atoms with Crippen LogP contribution in [0.5, 0.6) is 0 Å². The predicted molar refractivity (Wildman–Crippen MR) is 221 cm³/mol. The van der Waals surface area contributed by atoms with E-state index in [2.05, 4.69) is 60.2 Å². The van der Waals surface area contributed by atoms with Crippen molar-refractivity contribution in [2.24, 2.45) is 5.14 Å². The molecule has 0 aromatic heterocycles. The van der Waals surface area contributed by atoms with E-state index >= 15 is 4.39 Å². The van der Waals surface area contributed by atoms with Crippen molar-refractivity contribution in [2.75, 3.05) is 44.7 Å². The van der Waals surface area contributed by atoms with E-state index in [1.807, 2.05) is 66.7 Å². The zero-order valence-electron chi connectivity index (χ0n) is 32.3. The number of nitrogens with zero attached hydrogens (tertiary/aromatic N) is 2. The molecule has 4 aromatic carbocycles. The molecular weight excluding hydrogens is 817 g/mol. The first kappa shape index (κ1) is 44.8. The van der Waals surface area contributed by atoms with Gasteiger partial charge in [0.05, 0.1) is 22.1 Å². The summed E-state index contributed by atoms with van der Waals surface area (Å²) in [7, 11) is -13.4. The molecule has 0 aliphatic carbocycles. The smallest absolute Gasteiger partial charge is 0.400 e. The van der Waals surface area contributed by atoms with Crippen molar-refractivity contribution in [3.63, 3.8) is 0 Å². The number of benzene rings is 4.